The van der Waals surface area contributed by atoms with Gasteiger partial charge in [-0.25, -0.2) is 0 Å². The van der Waals surface area contributed by atoms with Crippen molar-refractivity contribution in [3.05, 3.63) is 0 Å². The summed E-state index contributed by atoms with van der Waals surface area (Å²) in [4.78, 5) is 2.31. The molecule has 1 unspecified atom stereocenters. The number of hydrogen-bond donors (Lipinski definition) is 1. The molecule has 0 spiro atoms. The van der Waals surface area contributed by atoms with Gasteiger partial charge in [-0.15, -0.1) is 0 Å². The molecule has 0 aliphatic carbocycles. The third-order valence-electron chi connectivity index (χ3n) is 2.43. The van der Waals surface area contributed by atoms with Gasteiger partial charge in [0.25, 0.3) is 0 Å². The van der Waals surface area contributed by atoms with E-state index in [9.17, 15) is 0 Å². The normalized spacial score (nSPS) is 27.5. The molecular weight excluding hydrogens is 154 g/mol. The van der Waals surface area contributed by atoms with Crippen LogP contribution in [0.5, 0.6) is 0 Å². The Bertz CT molecular complexity index is 128. The lowest BCUT2D eigenvalue weighted by molar-refractivity contribution is 0.0988. The van der Waals surface area contributed by atoms with Gasteiger partial charge >= 0.3 is 0 Å². The Balaban J connectivity index is 2.51. The summed E-state index contributed by atoms with van der Waals surface area (Å²) in [5.41, 5.74) is 0. The summed E-state index contributed by atoms with van der Waals surface area (Å²) in [5.74, 6) is 0. The van der Waals surface area contributed by atoms with Gasteiger partial charge in [-0.05, 0) is 20.3 Å². The zero-order valence-corrected chi connectivity index (χ0v) is 7.99. The van der Waals surface area contributed by atoms with Gasteiger partial charge in [0.15, 0.2) is 0 Å². The Morgan fingerprint density at radius 2 is 2.25 bits per heavy atom. The van der Waals surface area contributed by atoms with Gasteiger partial charge in [-0.3, -0.25) is 4.90 Å². The van der Waals surface area contributed by atoms with Crippen molar-refractivity contribution in [2.45, 2.75) is 32.4 Å². The molecule has 1 N–H and O–H groups in total. The van der Waals surface area contributed by atoms with Crippen LogP contribution in [0.15, 0.2) is 0 Å². The van der Waals surface area contributed by atoms with E-state index in [4.69, 9.17) is 9.84 Å². The Hall–Kier alpha value is -0.120. The summed E-state index contributed by atoms with van der Waals surface area (Å²) in [7, 11) is 0. The summed E-state index contributed by atoms with van der Waals surface area (Å²) in [6, 6.07) is 0.802. The quantitative estimate of drug-likeness (QED) is 0.659. The molecule has 3 nitrogen and oxygen atoms in total. The maximum Gasteiger partial charge on any atom is 0.0593 e. The Morgan fingerprint density at radius 1 is 1.50 bits per heavy atom. The second kappa shape index (κ2) is 4.80. The van der Waals surface area contributed by atoms with Gasteiger partial charge < -0.3 is 9.84 Å². The van der Waals surface area contributed by atoms with Crippen molar-refractivity contribution >= 4 is 0 Å². The Kier molecular flexibility index (Phi) is 3.98. The number of hydrogen-bond acceptors (Lipinski definition) is 3. The lowest BCUT2D eigenvalue weighted by Gasteiger charge is -2.31. The number of aliphatic hydroxyl groups excluding tert-OH is 1. The molecule has 0 aromatic heterocycles. The zero-order valence-electron chi connectivity index (χ0n) is 7.99. The monoisotopic (exact) mass is 173 g/mol. The zero-order chi connectivity index (χ0) is 8.97. The minimum absolute atomic E-state index is 0.252. The smallest absolute Gasteiger partial charge is 0.0593 e. The van der Waals surface area contributed by atoms with E-state index >= 15 is 0 Å². The van der Waals surface area contributed by atoms with E-state index < -0.39 is 0 Å². The first-order chi connectivity index (χ1) is 5.75. The molecule has 72 valence electrons. The molecule has 1 fully saturated rings. The number of nitrogens with zero attached hydrogens (tertiary/aromatic N) is 1. The van der Waals surface area contributed by atoms with Gasteiger partial charge in [0, 0.05) is 25.2 Å². The van der Waals surface area contributed by atoms with Gasteiger partial charge in [0.1, 0.15) is 0 Å². The summed E-state index contributed by atoms with van der Waals surface area (Å²) in [5, 5.41) is 9.14. The third-order valence-corrected chi connectivity index (χ3v) is 2.43. The van der Waals surface area contributed by atoms with Crippen molar-refractivity contribution in [1.82, 2.24) is 4.90 Å². The molecule has 1 aliphatic rings. The number of rotatable bonds is 2. The number of aliphatic hydroxyl groups is 1. The van der Waals surface area contributed by atoms with Gasteiger partial charge in [-0.2, -0.15) is 0 Å². The fraction of sp³-hybridized carbons (Fsp3) is 1.00. The van der Waals surface area contributed by atoms with Crippen LogP contribution in [-0.2, 0) is 4.74 Å². The van der Waals surface area contributed by atoms with Gasteiger partial charge in [0.05, 0.1) is 13.2 Å². The molecule has 1 atom stereocenters. The number of ether oxygens (including phenoxy) is 1. The summed E-state index contributed by atoms with van der Waals surface area (Å²) < 4.78 is 5.35. The fourth-order valence-electron chi connectivity index (χ4n) is 1.72. The minimum Gasteiger partial charge on any atom is -0.395 e. The van der Waals surface area contributed by atoms with E-state index in [-0.39, 0.29) is 6.61 Å². The minimum atomic E-state index is 0.252. The van der Waals surface area contributed by atoms with Crippen LogP contribution in [0.4, 0.5) is 0 Å². The highest BCUT2D eigenvalue weighted by Crippen LogP contribution is 2.11. The molecular formula is C9H19NO2. The standard InChI is InChI=1S/C9H19NO2/c1-8(2)10-4-6-12-5-3-9(10)7-11/h8-9,11H,3-7H2,1-2H3. The Morgan fingerprint density at radius 3 is 2.83 bits per heavy atom. The van der Waals surface area contributed by atoms with Crippen molar-refractivity contribution in [3.8, 4) is 0 Å². The molecule has 0 bridgehead atoms. The van der Waals surface area contributed by atoms with Gasteiger partial charge in [0.2, 0.25) is 0 Å². The van der Waals surface area contributed by atoms with E-state index in [1.165, 1.54) is 0 Å². The Labute approximate surface area is 74.3 Å². The van der Waals surface area contributed by atoms with E-state index in [1.807, 2.05) is 0 Å². The molecule has 12 heavy (non-hydrogen) atoms. The van der Waals surface area contributed by atoms with E-state index in [1.54, 1.807) is 0 Å². The van der Waals surface area contributed by atoms with Crippen LogP contribution in [-0.4, -0.2) is 48.5 Å². The van der Waals surface area contributed by atoms with Crippen molar-refractivity contribution < 1.29 is 9.84 Å². The maximum absolute atomic E-state index is 9.14. The second-order valence-electron chi connectivity index (χ2n) is 3.57. The van der Waals surface area contributed by atoms with Crippen LogP contribution >= 0.6 is 0 Å². The highest BCUT2D eigenvalue weighted by Gasteiger charge is 2.22. The molecule has 0 aromatic rings. The second-order valence-corrected chi connectivity index (χ2v) is 3.57. The lowest BCUT2D eigenvalue weighted by atomic mass is 10.1. The van der Waals surface area contributed by atoms with E-state index in [2.05, 4.69) is 18.7 Å². The van der Waals surface area contributed by atoms with E-state index in [0.29, 0.717) is 12.1 Å². The molecule has 0 saturated carbocycles. The average molecular weight is 173 g/mol. The van der Waals surface area contributed by atoms with Crippen LogP contribution in [0.25, 0.3) is 0 Å². The lowest BCUT2D eigenvalue weighted by Crippen LogP contribution is -2.43. The van der Waals surface area contributed by atoms with Crippen LogP contribution in [0.1, 0.15) is 20.3 Å². The molecule has 1 saturated heterocycles. The highest BCUT2D eigenvalue weighted by molar-refractivity contribution is 4.75. The van der Waals surface area contributed by atoms with Crippen molar-refractivity contribution in [2.75, 3.05) is 26.4 Å². The van der Waals surface area contributed by atoms with Crippen LogP contribution in [0.3, 0.4) is 0 Å². The topological polar surface area (TPSA) is 32.7 Å². The first kappa shape index (κ1) is 9.96. The largest absolute Gasteiger partial charge is 0.395 e. The predicted molar refractivity (Wildman–Crippen MR) is 48.2 cm³/mol. The third kappa shape index (κ3) is 2.44. The molecule has 3 heteroatoms. The summed E-state index contributed by atoms with van der Waals surface area (Å²) in [6.07, 6.45) is 0.953. The molecule has 1 rings (SSSR count). The summed E-state index contributed by atoms with van der Waals surface area (Å²) >= 11 is 0. The fourth-order valence-corrected chi connectivity index (χ4v) is 1.72. The van der Waals surface area contributed by atoms with Crippen molar-refractivity contribution in [1.29, 1.82) is 0 Å². The van der Waals surface area contributed by atoms with Crippen LogP contribution in [0, 0.1) is 0 Å². The molecule has 0 radical (unpaired) electrons. The van der Waals surface area contributed by atoms with Crippen LogP contribution < -0.4 is 0 Å². The van der Waals surface area contributed by atoms with Crippen molar-refractivity contribution in [2.24, 2.45) is 0 Å². The predicted octanol–water partition coefficient (Wildman–Crippen LogP) is 0.478. The van der Waals surface area contributed by atoms with Crippen LogP contribution in [0.2, 0.25) is 0 Å². The van der Waals surface area contributed by atoms with Crippen molar-refractivity contribution in [3.63, 3.8) is 0 Å². The maximum atomic E-state index is 9.14. The van der Waals surface area contributed by atoms with E-state index in [0.717, 1.165) is 26.2 Å². The molecule has 0 aromatic carbocycles. The molecule has 1 heterocycles. The molecule has 0 amide bonds. The molecule has 1 aliphatic heterocycles. The first-order valence-corrected chi connectivity index (χ1v) is 4.70. The van der Waals surface area contributed by atoms with Gasteiger partial charge in [-0.1, -0.05) is 0 Å². The average Bonchev–Trinajstić information content (AvgIpc) is 2.27. The summed E-state index contributed by atoms with van der Waals surface area (Å²) in [6.45, 7) is 7.11. The highest BCUT2D eigenvalue weighted by atomic mass is 16.5. The SMILES string of the molecule is CC(C)N1CCOCCC1CO. The first-order valence-electron chi connectivity index (χ1n) is 4.70.